The number of rotatable bonds is 4. The number of alkyl halides is 3. The van der Waals surface area contributed by atoms with Gasteiger partial charge in [-0.15, -0.1) is 0 Å². The van der Waals surface area contributed by atoms with Crippen LogP contribution in [0.2, 0.25) is 0 Å². The number of nitrogens with one attached hydrogen (secondary N) is 1. The van der Waals surface area contributed by atoms with Crippen molar-refractivity contribution >= 4 is 0 Å². The molecule has 0 aliphatic rings. The van der Waals surface area contributed by atoms with Gasteiger partial charge in [-0.05, 0) is 38.8 Å². The lowest BCUT2D eigenvalue weighted by atomic mass is 10.0. The maximum Gasteiger partial charge on any atom is 0.416 e. The Labute approximate surface area is 99.4 Å². The molecule has 0 fully saturated rings. The van der Waals surface area contributed by atoms with Gasteiger partial charge >= 0.3 is 6.18 Å². The Hall–Kier alpha value is -1.07. The maximum absolute atomic E-state index is 12.6. The molecule has 0 aliphatic carbocycles. The van der Waals surface area contributed by atoms with E-state index in [4.69, 9.17) is 0 Å². The summed E-state index contributed by atoms with van der Waals surface area (Å²) in [6, 6.07) is 5.40. The van der Waals surface area contributed by atoms with Crippen molar-refractivity contribution in [3.05, 3.63) is 35.4 Å². The first-order valence-electron chi connectivity index (χ1n) is 5.34. The summed E-state index contributed by atoms with van der Waals surface area (Å²) in [4.78, 5) is 1.89. The Bertz CT molecular complexity index is 361. The average Bonchev–Trinajstić information content (AvgIpc) is 2.24. The number of nitrogens with zero attached hydrogens (tertiary/aromatic N) is 1. The lowest BCUT2D eigenvalue weighted by Gasteiger charge is -2.25. The molecule has 0 bridgehead atoms. The van der Waals surface area contributed by atoms with Gasteiger partial charge in [0, 0.05) is 12.6 Å². The lowest BCUT2D eigenvalue weighted by molar-refractivity contribution is -0.137. The fourth-order valence-corrected chi connectivity index (χ4v) is 1.71. The van der Waals surface area contributed by atoms with Crippen molar-refractivity contribution in [3.63, 3.8) is 0 Å². The minimum Gasteiger partial charge on any atom is -0.318 e. The largest absolute Gasteiger partial charge is 0.416 e. The van der Waals surface area contributed by atoms with E-state index >= 15 is 0 Å². The van der Waals surface area contributed by atoms with Crippen LogP contribution >= 0.6 is 0 Å². The normalized spacial score (nSPS) is 14.1. The Morgan fingerprint density at radius 3 is 2.41 bits per heavy atom. The molecule has 2 nitrogen and oxygen atoms in total. The first-order chi connectivity index (χ1) is 7.86. The zero-order valence-corrected chi connectivity index (χ0v) is 10.2. The molecule has 0 spiro atoms. The van der Waals surface area contributed by atoms with Crippen LogP contribution in [-0.2, 0) is 6.18 Å². The van der Waals surface area contributed by atoms with Gasteiger partial charge in [0.15, 0.2) is 0 Å². The molecule has 0 saturated heterocycles. The fraction of sp³-hybridized carbons (Fsp3) is 0.500. The summed E-state index contributed by atoms with van der Waals surface area (Å²) >= 11 is 0. The van der Waals surface area contributed by atoms with Gasteiger partial charge in [0.05, 0.1) is 5.56 Å². The van der Waals surface area contributed by atoms with Gasteiger partial charge in [0.2, 0.25) is 0 Å². The zero-order valence-electron chi connectivity index (χ0n) is 10.2. The Morgan fingerprint density at radius 1 is 1.29 bits per heavy atom. The van der Waals surface area contributed by atoms with E-state index in [2.05, 4.69) is 5.32 Å². The molecule has 1 unspecified atom stereocenters. The molecule has 0 radical (unpaired) electrons. The van der Waals surface area contributed by atoms with Crippen molar-refractivity contribution in [2.24, 2.45) is 0 Å². The van der Waals surface area contributed by atoms with Gasteiger partial charge in [0.25, 0.3) is 0 Å². The van der Waals surface area contributed by atoms with E-state index in [-0.39, 0.29) is 6.04 Å². The Morgan fingerprint density at radius 2 is 1.94 bits per heavy atom. The third-order valence-electron chi connectivity index (χ3n) is 2.62. The fourth-order valence-electron chi connectivity index (χ4n) is 1.71. The molecule has 0 amide bonds. The summed E-state index contributed by atoms with van der Waals surface area (Å²) in [5.74, 6) is 0. The highest BCUT2D eigenvalue weighted by atomic mass is 19.4. The van der Waals surface area contributed by atoms with Crippen LogP contribution in [0.25, 0.3) is 0 Å². The number of likely N-dealkylation sites (N-methyl/N-ethyl adjacent to an activating group) is 2. The molecule has 5 heteroatoms. The van der Waals surface area contributed by atoms with Gasteiger partial charge in [-0.1, -0.05) is 12.1 Å². The molecule has 1 rings (SSSR count). The average molecular weight is 246 g/mol. The number of benzene rings is 1. The quantitative estimate of drug-likeness (QED) is 0.878. The highest BCUT2D eigenvalue weighted by Gasteiger charge is 2.31. The van der Waals surface area contributed by atoms with Crippen LogP contribution in [0.5, 0.6) is 0 Å². The second-order valence-electron chi connectivity index (χ2n) is 4.16. The number of halogens is 3. The highest BCUT2D eigenvalue weighted by molar-refractivity contribution is 5.28. The van der Waals surface area contributed by atoms with Crippen LogP contribution in [0.3, 0.4) is 0 Å². The smallest absolute Gasteiger partial charge is 0.318 e. The SMILES string of the molecule is CNCC(c1cccc(C(F)(F)F)c1)N(C)C. The molecular formula is C12H17F3N2. The summed E-state index contributed by atoms with van der Waals surface area (Å²) in [7, 11) is 5.48. The summed E-state index contributed by atoms with van der Waals surface area (Å²) in [5.41, 5.74) is 0.0668. The van der Waals surface area contributed by atoms with Gasteiger partial charge in [-0.25, -0.2) is 0 Å². The van der Waals surface area contributed by atoms with Gasteiger partial charge in [0.1, 0.15) is 0 Å². The maximum atomic E-state index is 12.6. The highest BCUT2D eigenvalue weighted by Crippen LogP contribution is 2.31. The van der Waals surface area contributed by atoms with Crippen molar-refractivity contribution in [1.29, 1.82) is 0 Å². The molecule has 96 valence electrons. The first kappa shape index (κ1) is 14.0. The van der Waals surface area contributed by atoms with E-state index in [0.29, 0.717) is 12.1 Å². The predicted molar refractivity (Wildman–Crippen MR) is 61.8 cm³/mol. The standard InChI is InChI=1S/C12H17F3N2/c1-16-8-11(17(2)3)9-5-4-6-10(7-9)12(13,14)15/h4-7,11,16H,8H2,1-3H3. The lowest BCUT2D eigenvalue weighted by Crippen LogP contribution is -2.29. The van der Waals surface area contributed by atoms with Crippen LogP contribution in [0.15, 0.2) is 24.3 Å². The second kappa shape index (κ2) is 5.51. The predicted octanol–water partition coefficient (Wildman–Crippen LogP) is 2.53. The van der Waals surface area contributed by atoms with Crippen LogP contribution in [0, 0.1) is 0 Å². The molecule has 0 heterocycles. The van der Waals surface area contributed by atoms with E-state index in [9.17, 15) is 13.2 Å². The van der Waals surface area contributed by atoms with E-state index in [1.54, 1.807) is 13.1 Å². The van der Waals surface area contributed by atoms with Crippen LogP contribution < -0.4 is 5.32 Å². The van der Waals surface area contributed by atoms with E-state index in [1.165, 1.54) is 12.1 Å². The van der Waals surface area contributed by atoms with Crippen molar-refractivity contribution in [2.75, 3.05) is 27.7 Å². The molecule has 0 aromatic heterocycles. The van der Waals surface area contributed by atoms with E-state index < -0.39 is 11.7 Å². The second-order valence-corrected chi connectivity index (χ2v) is 4.16. The summed E-state index contributed by atoms with van der Waals surface area (Å²) in [6.07, 6.45) is -4.29. The van der Waals surface area contributed by atoms with Gasteiger partial charge < -0.3 is 10.2 Å². The molecular weight excluding hydrogens is 229 g/mol. The molecule has 1 N–H and O–H groups in total. The first-order valence-corrected chi connectivity index (χ1v) is 5.34. The number of hydrogen-bond donors (Lipinski definition) is 1. The monoisotopic (exact) mass is 246 g/mol. The molecule has 0 aliphatic heterocycles. The Kier molecular flexibility index (Phi) is 4.54. The molecule has 0 saturated carbocycles. The summed E-state index contributed by atoms with van der Waals surface area (Å²) in [6.45, 7) is 0.605. The van der Waals surface area contributed by atoms with Crippen molar-refractivity contribution in [1.82, 2.24) is 10.2 Å². The van der Waals surface area contributed by atoms with Crippen LogP contribution in [0.1, 0.15) is 17.2 Å². The minimum absolute atomic E-state index is 0.0673. The molecule has 1 atom stereocenters. The summed E-state index contributed by atoms with van der Waals surface area (Å²) in [5, 5.41) is 2.98. The van der Waals surface area contributed by atoms with Crippen molar-refractivity contribution < 1.29 is 13.2 Å². The van der Waals surface area contributed by atoms with E-state index in [1.807, 2.05) is 19.0 Å². The third-order valence-corrected chi connectivity index (χ3v) is 2.62. The summed E-state index contributed by atoms with van der Waals surface area (Å²) < 4.78 is 37.8. The van der Waals surface area contributed by atoms with Crippen LogP contribution in [0.4, 0.5) is 13.2 Å². The minimum atomic E-state index is -4.29. The zero-order chi connectivity index (χ0) is 13.1. The van der Waals surface area contributed by atoms with Crippen molar-refractivity contribution in [3.8, 4) is 0 Å². The topological polar surface area (TPSA) is 15.3 Å². The van der Waals surface area contributed by atoms with Crippen LogP contribution in [-0.4, -0.2) is 32.6 Å². The van der Waals surface area contributed by atoms with Gasteiger partial charge in [-0.2, -0.15) is 13.2 Å². The van der Waals surface area contributed by atoms with Crippen molar-refractivity contribution in [2.45, 2.75) is 12.2 Å². The van der Waals surface area contributed by atoms with E-state index in [0.717, 1.165) is 6.07 Å². The molecule has 1 aromatic rings. The number of hydrogen-bond acceptors (Lipinski definition) is 2. The van der Waals surface area contributed by atoms with Gasteiger partial charge in [-0.3, -0.25) is 0 Å². The Balaban J connectivity index is 3.04. The molecule has 1 aromatic carbocycles. The molecule has 17 heavy (non-hydrogen) atoms. The third kappa shape index (κ3) is 3.71.